The highest BCUT2D eigenvalue weighted by atomic mass is 32.2. The predicted octanol–water partition coefficient (Wildman–Crippen LogP) is 0.933. The van der Waals surface area contributed by atoms with E-state index in [4.69, 9.17) is 0 Å². The third-order valence-corrected chi connectivity index (χ3v) is 4.18. The van der Waals surface area contributed by atoms with E-state index in [-0.39, 0.29) is 16.6 Å². The van der Waals surface area contributed by atoms with E-state index < -0.39 is 26.6 Å². The van der Waals surface area contributed by atoms with Gasteiger partial charge in [0.15, 0.2) is 9.84 Å². The molecule has 104 valence electrons. The highest BCUT2D eigenvalue weighted by Crippen LogP contribution is 2.34. The summed E-state index contributed by atoms with van der Waals surface area (Å²) in [6, 6.07) is 4.08. The first-order valence-electron chi connectivity index (χ1n) is 5.71. The minimum atomic E-state index is -3.67. The van der Waals surface area contributed by atoms with Gasteiger partial charge in [0.05, 0.1) is 11.0 Å². The number of sulfone groups is 1. The van der Waals surface area contributed by atoms with Crippen molar-refractivity contribution in [2.24, 2.45) is 0 Å². The van der Waals surface area contributed by atoms with E-state index in [2.05, 4.69) is 5.32 Å². The molecular weight excluding hydrogens is 272 g/mol. The van der Waals surface area contributed by atoms with Crippen molar-refractivity contribution in [3.63, 3.8) is 0 Å². The Morgan fingerprint density at radius 2 is 2.05 bits per heavy atom. The minimum Gasteiger partial charge on any atom is -0.393 e. The van der Waals surface area contributed by atoms with E-state index in [1.54, 1.807) is 0 Å². The number of nitrogens with zero attached hydrogens (tertiary/aromatic N) is 1. The molecule has 19 heavy (non-hydrogen) atoms. The average molecular weight is 286 g/mol. The highest BCUT2D eigenvalue weighted by molar-refractivity contribution is 7.90. The van der Waals surface area contributed by atoms with Crippen LogP contribution >= 0.6 is 0 Å². The summed E-state index contributed by atoms with van der Waals surface area (Å²) < 4.78 is 23.1. The molecule has 2 N–H and O–H groups in total. The van der Waals surface area contributed by atoms with E-state index in [0.29, 0.717) is 12.8 Å². The number of anilines is 1. The maximum absolute atomic E-state index is 11.6. The molecule has 0 aromatic heterocycles. The van der Waals surface area contributed by atoms with Crippen molar-refractivity contribution in [1.29, 1.82) is 0 Å². The minimum absolute atomic E-state index is 0.0662. The Hall–Kier alpha value is -1.67. The van der Waals surface area contributed by atoms with Gasteiger partial charge in [0.25, 0.3) is 0 Å². The summed E-state index contributed by atoms with van der Waals surface area (Å²) in [6.45, 7) is 0. The van der Waals surface area contributed by atoms with Crippen molar-refractivity contribution in [3.05, 3.63) is 28.3 Å². The van der Waals surface area contributed by atoms with Crippen molar-refractivity contribution in [1.82, 2.24) is 0 Å². The van der Waals surface area contributed by atoms with Gasteiger partial charge in [-0.2, -0.15) is 0 Å². The standard InChI is InChI=1S/C11H14N2O5S/c1-19(17,18)10-4-2-3-9(11(10)13(15)16)12-7-5-8(14)6-7/h2-4,7-8,12,14H,5-6H2,1H3. The number of nitrogens with one attached hydrogen (secondary N) is 1. The Kier molecular flexibility index (Phi) is 3.46. The number of aliphatic hydroxyl groups excluding tert-OH is 1. The molecule has 1 aliphatic carbocycles. The zero-order valence-corrected chi connectivity index (χ0v) is 11.1. The first-order chi connectivity index (χ1) is 8.79. The molecule has 0 heterocycles. The van der Waals surface area contributed by atoms with Crippen LogP contribution in [0.2, 0.25) is 0 Å². The maximum Gasteiger partial charge on any atom is 0.310 e. The van der Waals surface area contributed by atoms with Gasteiger partial charge < -0.3 is 10.4 Å². The maximum atomic E-state index is 11.6. The van der Waals surface area contributed by atoms with Crippen molar-refractivity contribution >= 4 is 21.2 Å². The molecule has 1 saturated carbocycles. The number of hydrogen-bond acceptors (Lipinski definition) is 6. The number of aliphatic hydroxyl groups is 1. The molecule has 1 aliphatic rings. The van der Waals surface area contributed by atoms with Gasteiger partial charge >= 0.3 is 5.69 Å². The van der Waals surface area contributed by atoms with E-state index in [1.165, 1.54) is 18.2 Å². The second-order valence-electron chi connectivity index (χ2n) is 4.65. The van der Waals surface area contributed by atoms with Gasteiger partial charge in [0, 0.05) is 12.3 Å². The van der Waals surface area contributed by atoms with Crippen LogP contribution in [0.25, 0.3) is 0 Å². The first-order valence-corrected chi connectivity index (χ1v) is 7.60. The van der Waals surface area contributed by atoms with Crippen LogP contribution in [-0.4, -0.2) is 36.8 Å². The van der Waals surface area contributed by atoms with Gasteiger partial charge in [-0.25, -0.2) is 8.42 Å². The van der Waals surface area contributed by atoms with Gasteiger partial charge in [0.1, 0.15) is 10.6 Å². The normalized spacial score (nSPS) is 22.6. The number of nitro benzene ring substituents is 1. The Morgan fingerprint density at radius 1 is 1.42 bits per heavy atom. The van der Waals surface area contributed by atoms with Crippen LogP contribution in [-0.2, 0) is 9.84 Å². The molecule has 0 amide bonds. The fourth-order valence-electron chi connectivity index (χ4n) is 2.05. The van der Waals surface area contributed by atoms with Crippen LogP contribution in [0.4, 0.5) is 11.4 Å². The van der Waals surface area contributed by atoms with Crippen molar-refractivity contribution in [2.45, 2.75) is 29.9 Å². The van der Waals surface area contributed by atoms with Crippen LogP contribution < -0.4 is 5.32 Å². The molecule has 0 radical (unpaired) electrons. The van der Waals surface area contributed by atoms with E-state index in [1.807, 2.05) is 0 Å². The lowest BCUT2D eigenvalue weighted by Gasteiger charge is -2.32. The zero-order valence-electron chi connectivity index (χ0n) is 10.2. The van der Waals surface area contributed by atoms with E-state index >= 15 is 0 Å². The monoisotopic (exact) mass is 286 g/mol. The Balaban J connectivity index is 2.40. The van der Waals surface area contributed by atoms with Gasteiger partial charge in [0.2, 0.25) is 0 Å². The molecule has 1 aromatic rings. The number of rotatable bonds is 4. The Morgan fingerprint density at radius 3 is 2.53 bits per heavy atom. The van der Waals surface area contributed by atoms with Crippen LogP contribution in [0.1, 0.15) is 12.8 Å². The quantitative estimate of drug-likeness (QED) is 0.629. The number of nitro groups is 1. The van der Waals surface area contributed by atoms with Crippen molar-refractivity contribution in [3.8, 4) is 0 Å². The number of para-hydroxylation sites is 1. The van der Waals surface area contributed by atoms with Gasteiger partial charge in [-0.15, -0.1) is 0 Å². The van der Waals surface area contributed by atoms with Crippen LogP contribution in [0.5, 0.6) is 0 Å². The summed E-state index contributed by atoms with van der Waals surface area (Å²) in [5.74, 6) is 0. The molecule has 1 fully saturated rings. The topological polar surface area (TPSA) is 110 Å². The van der Waals surface area contributed by atoms with Gasteiger partial charge in [-0.1, -0.05) is 6.07 Å². The summed E-state index contributed by atoms with van der Waals surface area (Å²) in [5, 5.41) is 23.2. The fourth-order valence-corrected chi connectivity index (χ4v) is 2.91. The predicted molar refractivity (Wildman–Crippen MR) is 68.9 cm³/mol. The third kappa shape index (κ3) is 2.85. The van der Waals surface area contributed by atoms with E-state index in [0.717, 1.165) is 6.26 Å². The third-order valence-electron chi connectivity index (χ3n) is 3.05. The van der Waals surface area contributed by atoms with Gasteiger partial charge in [-0.05, 0) is 25.0 Å². The van der Waals surface area contributed by atoms with E-state index in [9.17, 15) is 23.6 Å². The summed E-state index contributed by atoms with van der Waals surface area (Å²) in [5.41, 5.74) is -0.267. The molecule has 0 spiro atoms. The summed E-state index contributed by atoms with van der Waals surface area (Å²) in [6.07, 6.45) is 1.54. The smallest absolute Gasteiger partial charge is 0.310 e. The summed E-state index contributed by atoms with van der Waals surface area (Å²) in [7, 11) is -3.67. The second kappa shape index (κ2) is 4.78. The number of hydrogen-bond donors (Lipinski definition) is 2. The lowest BCUT2D eigenvalue weighted by molar-refractivity contribution is -0.386. The van der Waals surface area contributed by atoms with Gasteiger partial charge in [-0.3, -0.25) is 10.1 Å². The molecule has 8 heteroatoms. The molecule has 0 bridgehead atoms. The summed E-state index contributed by atoms with van der Waals surface area (Å²) >= 11 is 0. The molecule has 2 rings (SSSR count). The lowest BCUT2D eigenvalue weighted by Crippen LogP contribution is -2.39. The fraction of sp³-hybridized carbons (Fsp3) is 0.455. The lowest BCUT2D eigenvalue weighted by atomic mass is 9.89. The largest absolute Gasteiger partial charge is 0.393 e. The zero-order chi connectivity index (χ0) is 14.2. The van der Waals surface area contributed by atoms with Crippen molar-refractivity contribution in [2.75, 3.05) is 11.6 Å². The Labute approximate surface area is 110 Å². The second-order valence-corrected chi connectivity index (χ2v) is 6.63. The number of benzene rings is 1. The SMILES string of the molecule is CS(=O)(=O)c1cccc(NC2CC(O)C2)c1[N+](=O)[O-]. The first kappa shape index (κ1) is 13.8. The molecule has 1 aromatic carbocycles. The molecule has 0 unspecified atom stereocenters. The molecule has 0 saturated heterocycles. The molecule has 0 atom stereocenters. The van der Waals surface area contributed by atoms with Crippen LogP contribution in [0.15, 0.2) is 23.1 Å². The summed E-state index contributed by atoms with van der Waals surface area (Å²) in [4.78, 5) is 10.1. The Bertz CT molecular complexity index is 608. The molecule has 7 nitrogen and oxygen atoms in total. The molecular formula is C11H14N2O5S. The average Bonchev–Trinajstić information content (AvgIpc) is 2.25. The van der Waals surface area contributed by atoms with Crippen LogP contribution in [0, 0.1) is 10.1 Å². The highest BCUT2D eigenvalue weighted by Gasteiger charge is 2.31. The van der Waals surface area contributed by atoms with Crippen LogP contribution in [0.3, 0.4) is 0 Å². The molecule has 0 aliphatic heterocycles. The van der Waals surface area contributed by atoms with Crippen molar-refractivity contribution < 1.29 is 18.4 Å².